The molecule has 0 N–H and O–H groups in total. The highest BCUT2D eigenvalue weighted by atomic mass is 16.5. The molecule has 1 aromatic carbocycles. The fourth-order valence-electron chi connectivity index (χ4n) is 1.92. The van der Waals surface area contributed by atoms with Crippen LogP contribution in [0.5, 0.6) is 5.75 Å². The van der Waals surface area contributed by atoms with E-state index in [9.17, 15) is 0 Å². The van der Waals surface area contributed by atoms with Crippen LogP contribution in [-0.4, -0.2) is 5.60 Å². The number of hydrogen-bond donors (Lipinski definition) is 0. The first-order chi connectivity index (χ1) is 6.96. The molecule has 0 bridgehead atoms. The molecule has 0 spiro atoms. The summed E-state index contributed by atoms with van der Waals surface area (Å²) in [6.45, 7) is 8.53. The molecule has 1 nitrogen and oxygen atoms in total. The molecule has 1 aromatic rings. The first-order valence-corrected chi connectivity index (χ1v) is 5.75. The Balaban J connectivity index is 2.04. The van der Waals surface area contributed by atoms with Crippen molar-refractivity contribution < 1.29 is 4.74 Å². The van der Waals surface area contributed by atoms with E-state index in [2.05, 4.69) is 52.0 Å². The predicted molar refractivity (Wildman–Crippen MR) is 63.3 cm³/mol. The van der Waals surface area contributed by atoms with E-state index < -0.39 is 0 Å². The highest BCUT2D eigenvalue weighted by Gasteiger charge is 2.33. The van der Waals surface area contributed by atoms with Crippen molar-refractivity contribution in [3.05, 3.63) is 29.8 Å². The monoisotopic (exact) mass is 204 g/mol. The molecule has 2 atom stereocenters. The van der Waals surface area contributed by atoms with E-state index in [1.54, 1.807) is 0 Å². The van der Waals surface area contributed by atoms with Crippen molar-refractivity contribution in [1.29, 1.82) is 0 Å². The van der Waals surface area contributed by atoms with Crippen LogP contribution in [0.1, 0.15) is 45.6 Å². The lowest BCUT2D eigenvalue weighted by atomic mass is 10.1. The smallest absolute Gasteiger partial charge is 0.120 e. The Morgan fingerprint density at radius 1 is 1.13 bits per heavy atom. The quantitative estimate of drug-likeness (QED) is 0.708. The van der Waals surface area contributed by atoms with Crippen LogP contribution in [-0.2, 0) is 0 Å². The first-order valence-electron chi connectivity index (χ1n) is 5.75. The lowest BCUT2D eigenvalue weighted by Gasteiger charge is -2.21. The van der Waals surface area contributed by atoms with Crippen molar-refractivity contribution in [2.24, 2.45) is 5.92 Å². The van der Waals surface area contributed by atoms with Gasteiger partial charge in [-0.2, -0.15) is 0 Å². The molecule has 1 aliphatic carbocycles. The van der Waals surface area contributed by atoms with Gasteiger partial charge in [0.2, 0.25) is 0 Å². The number of hydrogen-bond acceptors (Lipinski definition) is 1. The average molecular weight is 204 g/mol. The number of benzene rings is 1. The minimum atomic E-state index is -0.103. The van der Waals surface area contributed by atoms with Crippen molar-refractivity contribution >= 4 is 0 Å². The Hall–Kier alpha value is -0.980. The maximum absolute atomic E-state index is 5.78. The second-order valence-electron chi connectivity index (χ2n) is 5.60. The Labute approximate surface area is 92.5 Å². The molecule has 1 aliphatic rings. The van der Waals surface area contributed by atoms with Crippen LogP contribution >= 0.6 is 0 Å². The van der Waals surface area contributed by atoms with Crippen LogP contribution in [0.2, 0.25) is 0 Å². The van der Waals surface area contributed by atoms with Gasteiger partial charge >= 0.3 is 0 Å². The summed E-state index contributed by atoms with van der Waals surface area (Å²) in [5.41, 5.74) is 1.36. The van der Waals surface area contributed by atoms with Crippen molar-refractivity contribution in [3.63, 3.8) is 0 Å². The average Bonchev–Trinajstić information content (AvgIpc) is 2.81. The van der Waals surface area contributed by atoms with Gasteiger partial charge in [-0.3, -0.25) is 0 Å². The predicted octanol–water partition coefficient (Wildman–Crippen LogP) is 3.99. The summed E-state index contributed by atoms with van der Waals surface area (Å²) in [6, 6.07) is 8.59. The van der Waals surface area contributed by atoms with Crippen LogP contribution < -0.4 is 4.74 Å². The second-order valence-corrected chi connectivity index (χ2v) is 5.60. The molecule has 2 rings (SSSR count). The zero-order valence-corrected chi connectivity index (χ0v) is 10.1. The summed E-state index contributed by atoms with van der Waals surface area (Å²) in [7, 11) is 0. The summed E-state index contributed by atoms with van der Waals surface area (Å²) < 4.78 is 5.78. The van der Waals surface area contributed by atoms with Crippen LogP contribution in [0, 0.1) is 5.92 Å². The van der Waals surface area contributed by atoms with Gasteiger partial charge < -0.3 is 4.74 Å². The van der Waals surface area contributed by atoms with Gasteiger partial charge in [-0.25, -0.2) is 0 Å². The van der Waals surface area contributed by atoms with Crippen molar-refractivity contribution in [2.75, 3.05) is 0 Å². The van der Waals surface area contributed by atoms with Gasteiger partial charge in [-0.15, -0.1) is 0 Å². The van der Waals surface area contributed by atoms with Gasteiger partial charge in [0, 0.05) is 0 Å². The van der Waals surface area contributed by atoms with Crippen LogP contribution in [0.4, 0.5) is 0 Å². The zero-order valence-electron chi connectivity index (χ0n) is 10.1. The molecule has 0 aromatic heterocycles. The molecule has 1 fully saturated rings. The lowest BCUT2D eigenvalue weighted by molar-refractivity contribution is 0.131. The van der Waals surface area contributed by atoms with E-state index in [1.165, 1.54) is 12.0 Å². The van der Waals surface area contributed by atoms with Gasteiger partial charge in [0.25, 0.3) is 0 Å². The molecule has 1 heteroatoms. The summed E-state index contributed by atoms with van der Waals surface area (Å²) in [5.74, 6) is 2.65. The van der Waals surface area contributed by atoms with E-state index in [0.717, 1.165) is 17.6 Å². The minimum absolute atomic E-state index is 0.103. The Morgan fingerprint density at radius 2 is 1.67 bits per heavy atom. The highest BCUT2D eigenvalue weighted by Crippen LogP contribution is 2.47. The Morgan fingerprint density at radius 3 is 2.07 bits per heavy atom. The van der Waals surface area contributed by atoms with Gasteiger partial charge in [0.15, 0.2) is 0 Å². The molecule has 2 unspecified atom stereocenters. The van der Waals surface area contributed by atoms with E-state index >= 15 is 0 Å². The molecule has 15 heavy (non-hydrogen) atoms. The van der Waals surface area contributed by atoms with Gasteiger partial charge in [-0.1, -0.05) is 19.1 Å². The second kappa shape index (κ2) is 3.55. The molecule has 0 radical (unpaired) electrons. The fourth-order valence-corrected chi connectivity index (χ4v) is 1.92. The van der Waals surface area contributed by atoms with E-state index in [1.807, 2.05) is 0 Å². The molecular formula is C14H20O. The normalized spacial score (nSPS) is 25.1. The molecule has 0 heterocycles. The molecular weight excluding hydrogens is 184 g/mol. The minimum Gasteiger partial charge on any atom is -0.488 e. The maximum Gasteiger partial charge on any atom is 0.120 e. The first kappa shape index (κ1) is 10.5. The van der Waals surface area contributed by atoms with Crippen LogP contribution in [0.25, 0.3) is 0 Å². The lowest BCUT2D eigenvalue weighted by Crippen LogP contribution is -2.22. The standard InChI is InChI=1S/C14H20O/c1-10-9-13(10)11-5-7-12(8-6-11)15-14(2,3)4/h5-8,10,13H,9H2,1-4H3. The summed E-state index contributed by atoms with van der Waals surface area (Å²) in [4.78, 5) is 0. The maximum atomic E-state index is 5.78. The molecule has 82 valence electrons. The molecule has 0 aliphatic heterocycles. The Bertz CT molecular complexity index is 331. The van der Waals surface area contributed by atoms with E-state index in [-0.39, 0.29) is 5.60 Å². The highest BCUT2D eigenvalue weighted by molar-refractivity contribution is 5.32. The zero-order chi connectivity index (χ0) is 11.1. The molecule has 0 amide bonds. The third kappa shape index (κ3) is 2.74. The third-order valence-corrected chi connectivity index (χ3v) is 2.84. The van der Waals surface area contributed by atoms with Gasteiger partial charge in [-0.05, 0) is 56.7 Å². The number of rotatable bonds is 2. The van der Waals surface area contributed by atoms with Gasteiger partial charge in [0.1, 0.15) is 11.4 Å². The summed E-state index contributed by atoms with van der Waals surface area (Å²) in [5, 5.41) is 0. The molecule has 0 saturated heterocycles. The van der Waals surface area contributed by atoms with E-state index in [0.29, 0.717) is 0 Å². The number of ether oxygens (including phenoxy) is 1. The summed E-state index contributed by atoms with van der Waals surface area (Å²) in [6.07, 6.45) is 1.35. The summed E-state index contributed by atoms with van der Waals surface area (Å²) >= 11 is 0. The Kier molecular flexibility index (Phi) is 2.49. The third-order valence-electron chi connectivity index (χ3n) is 2.84. The van der Waals surface area contributed by atoms with Crippen molar-refractivity contribution in [1.82, 2.24) is 0 Å². The van der Waals surface area contributed by atoms with Crippen LogP contribution in [0.3, 0.4) is 0 Å². The topological polar surface area (TPSA) is 9.23 Å². The van der Waals surface area contributed by atoms with Crippen LogP contribution in [0.15, 0.2) is 24.3 Å². The van der Waals surface area contributed by atoms with Crippen molar-refractivity contribution in [2.45, 2.75) is 45.6 Å². The molecule has 1 saturated carbocycles. The SMILES string of the molecule is CC1CC1c1ccc(OC(C)(C)C)cc1. The van der Waals surface area contributed by atoms with Crippen molar-refractivity contribution in [3.8, 4) is 5.75 Å². The largest absolute Gasteiger partial charge is 0.488 e. The van der Waals surface area contributed by atoms with E-state index in [4.69, 9.17) is 4.74 Å². The van der Waals surface area contributed by atoms with Gasteiger partial charge in [0.05, 0.1) is 0 Å². The fraction of sp³-hybridized carbons (Fsp3) is 0.571.